The Kier molecular flexibility index (Phi) is 7.44. The molecule has 3 aromatic carbocycles. The van der Waals surface area contributed by atoms with Gasteiger partial charge < -0.3 is 19.5 Å². The molecule has 30 heavy (non-hydrogen) atoms. The molecule has 0 saturated heterocycles. The Morgan fingerprint density at radius 2 is 1.53 bits per heavy atom. The molecule has 6 heteroatoms. The number of carbonyl (C=O) groups excluding carboxylic acids is 2. The maximum absolute atomic E-state index is 12.0. The Bertz CT molecular complexity index is 970. The Balaban J connectivity index is 1.43. The highest BCUT2D eigenvalue weighted by Gasteiger charge is 2.11. The lowest BCUT2D eigenvalue weighted by Crippen LogP contribution is -2.29. The molecule has 3 aromatic rings. The number of rotatable bonds is 9. The minimum atomic E-state index is -0.613. The molecule has 1 amide bonds. The lowest BCUT2D eigenvalue weighted by atomic mass is 10.1. The summed E-state index contributed by atoms with van der Waals surface area (Å²) in [6.07, 6.45) is 0. The van der Waals surface area contributed by atoms with Gasteiger partial charge in [0.15, 0.2) is 13.2 Å². The number of hydrogen-bond acceptors (Lipinski definition) is 5. The van der Waals surface area contributed by atoms with E-state index in [1.807, 2.05) is 72.8 Å². The van der Waals surface area contributed by atoms with E-state index in [1.54, 1.807) is 13.2 Å². The molecule has 0 radical (unpaired) electrons. The van der Waals surface area contributed by atoms with Crippen molar-refractivity contribution < 1.29 is 23.8 Å². The van der Waals surface area contributed by atoms with Gasteiger partial charge in [-0.3, -0.25) is 4.79 Å². The summed E-state index contributed by atoms with van der Waals surface area (Å²) in [4.78, 5) is 23.9. The van der Waals surface area contributed by atoms with Crippen molar-refractivity contribution in [2.45, 2.75) is 6.54 Å². The van der Waals surface area contributed by atoms with Crippen molar-refractivity contribution >= 4 is 11.9 Å². The minimum Gasteiger partial charge on any atom is -0.497 e. The average molecular weight is 405 g/mol. The van der Waals surface area contributed by atoms with Gasteiger partial charge in [0.1, 0.15) is 11.5 Å². The molecule has 0 aliphatic heterocycles. The van der Waals surface area contributed by atoms with Crippen molar-refractivity contribution in [3.05, 3.63) is 84.4 Å². The van der Waals surface area contributed by atoms with E-state index in [2.05, 4.69) is 5.32 Å². The lowest BCUT2D eigenvalue weighted by molar-refractivity contribution is -0.150. The van der Waals surface area contributed by atoms with Gasteiger partial charge in [0.2, 0.25) is 0 Å². The van der Waals surface area contributed by atoms with E-state index < -0.39 is 5.97 Å². The first-order valence-corrected chi connectivity index (χ1v) is 9.48. The SMILES string of the molecule is COc1ccc(CNC(=O)COC(=O)COc2ccccc2-c2ccccc2)cc1. The van der Waals surface area contributed by atoms with Gasteiger partial charge in [0, 0.05) is 12.1 Å². The van der Waals surface area contributed by atoms with Crippen LogP contribution in [0.1, 0.15) is 5.56 Å². The molecular formula is C24H23NO5. The number of hydrogen-bond donors (Lipinski definition) is 1. The predicted octanol–water partition coefficient (Wildman–Crippen LogP) is 3.60. The molecule has 0 aliphatic rings. The highest BCUT2D eigenvalue weighted by atomic mass is 16.6. The van der Waals surface area contributed by atoms with E-state index >= 15 is 0 Å². The van der Waals surface area contributed by atoms with Crippen LogP contribution in [-0.2, 0) is 20.9 Å². The third-order valence-corrected chi connectivity index (χ3v) is 4.33. The van der Waals surface area contributed by atoms with Gasteiger partial charge in [-0.15, -0.1) is 0 Å². The fourth-order valence-corrected chi connectivity index (χ4v) is 2.77. The smallest absolute Gasteiger partial charge is 0.344 e. The summed E-state index contributed by atoms with van der Waals surface area (Å²) in [5.41, 5.74) is 2.78. The van der Waals surface area contributed by atoms with Gasteiger partial charge in [0.05, 0.1) is 7.11 Å². The number of carbonyl (C=O) groups is 2. The summed E-state index contributed by atoms with van der Waals surface area (Å²) < 4.78 is 15.7. The van der Waals surface area contributed by atoms with Crippen molar-refractivity contribution in [3.63, 3.8) is 0 Å². The lowest BCUT2D eigenvalue weighted by Gasteiger charge is -2.11. The summed E-state index contributed by atoms with van der Waals surface area (Å²) in [7, 11) is 1.59. The van der Waals surface area contributed by atoms with E-state index in [-0.39, 0.29) is 19.1 Å². The molecule has 0 bridgehead atoms. The average Bonchev–Trinajstić information content (AvgIpc) is 2.81. The van der Waals surface area contributed by atoms with Crippen LogP contribution in [0.2, 0.25) is 0 Å². The van der Waals surface area contributed by atoms with Crippen LogP contribution < -0.4 is 14.8 Å². The molecule has 0 atom stereocenters. The molecule has 6 nitrogen and oxygen atoms in total. The predicted molar refractivity (Wildman–Crippen MR) is 113 cm³/mol. The quantitative estimate of drug-likeness (QED) is 0.551. The fourth-order valence-electron chi connectivity index (χ4n) is 2.77. The number of nitrogens with one attached hydrogen (secondary N) is 1. The highest BCUT2D eigenvalue weighted by molar-refractivity contribution is 5.81. The minimum absolute atomic E-state index is 0.282. The van der Waals surface area contributed by atoms with E-state index in [0.29, 0.717) is 12.3 Å². The van der Waals surface area contributed by atoms with E-state index in [1.165, 1.54) is 0 Å². The molecule has 154 valence electrons. The summed E-state index contributed by atoms with van der Waals surface area (Å²) in [5, 5.41) is 2.70. The molecule has 0 fully saturated rings. The number of amides is 1. The van der Waals surface area contributed by atoms with Gasteiger partial charge in [-0.2, -0.15) is 0 Å². The molecule has 0 spiro atoms. The molecule has 0 unspecified atom stereocenters. The van der Waals surface area contributed by atoms with Crippen LogP contribution in [0, 0.1) is 0 Å². The molecule has 0 heterocycles. The first-order valence-electron chi connectivity index (χ1n) is 9.48. The Hall–Kier alpha value is -3.80. The van der Waals surface area contributed by atoms with Crippen LogP contribution in [0.5, 0.6) is 11.5 Å². The Labute approximate surface area is 175 Å². The van der Waals surface area contributed by atoms with Crippen LogP contribution in [0.4, 0.5) is 0 Å². The van der Waals surface area contributed by atoms with Crippen LogP contribution in [0.3, 0.4) is 0 Å². The standard InChI is InChI=1S/C24H23NO5/c1-28-20-13-11-18(12-14-20)15-25-23(26)16-30-24(27)17-29-22-10-6-5-9-21(22)19-7-3-2-4-8-19/h2-14H,15-17H2,1H3,(H,25,26). The molecule has 3 rings (SSSR count). The van der Waals surface area contributed by atoms with Crippen LogP contribution >= 0.6 is 0 Å². The van der Waals surface area contributed by atoms with Gasteiger partial charge >= 0.3 is 5.97 Å². The third-order valence-electron chi connectivity index (χ3n) is 4.33. The zero-order valence-electron chi connectivity index (χ0n) is 16.7. The van der Waals surface area contributed by atoms with Gasteiger partial charge in [-0.25, -0.2) is 4.79 Å². The van der Waals surface area contributed by atoms with E-state index in [4.69, 9.17) is 14.2 Å². The normalized spacial score (nSPS) is 10.2. The van der Waals surface area contributed by atoms with E-state index in [0.717, 1.165) is 22.4 Å². The largest absolute Gasteiger partial charge is 0.497 e. The first-order chi connectivity index (χ1) is 14.7. The van der Waals surface area contributed by atoms with Crippen LogP contribution in [-0.4, -0.2) is 32.2 Å². The number of esters is 1. The topological polar surface area (TPSA) is 73.9 Å². The summed E-state index contributed by atoms with van der Waals surface area (Å²) >= 11 is 0. The van der Waals surface area contributed by atoms with Gasteiger partial charge in [0.25, 0.3) is 5.91 Å². The van der Waals surface area contributed by atoms with Gasteiger partial charge in [-0.1, -0.05) is 60.7 Å². The zero-order chi connectivity index (χ0) is 21.2. The van der Waals surface area contributed by atoms with Crippen molar-refractivity contribution in [1.29, 1.82) is 0 Å². The maximum Gasteiger partial charge on any atom is 0.344 e. The molecule has 0 saturated carbocycles. The van der Waals surface area contributed by atoms with Crippen molar-refractivity contribution in [3.8, 4) is 22.6 Å². The molecule has 1 N–H and O–H groups in total. The number of benzene rings is 3. The van der Waals surface area contributed by atoms with Crippen LogP contribution in [0.15, 0.2) is 78.9 Å². The molecular weight excluding hydrogens is 382 g/mol. The van der Waals surface area contributed by atoms with E-state index in [9.17, 15) is 9.59 Å². The fraction of sp³-hybridized carbons (Fsp3) is 0.167. The van der Waals surface area contributed by atoms with Gasteiger partial charge in [-0.05, 0) is 29.3 Å². The first kappa shape index (κ1) is 20.9. The second-order valence-electron chi connectivity index (χ2n) is 6.44. The number of methoxy groups -OCH3 is 1. The second-order valence-corrected chi connectivity index (χ2v) is 6.44. The monoisotopic (exact) mass is 405 g/mol. The summed E-state index contributed by atoms with van der Waals surface area (Å²) in [5.74, 6) is 0.318. The van der Waals surface area contributed by atoms with Crippen molar-refractivity contribution in [1.82, 2.24) is 5.32 Å². The van der Waals surface area contributed by atoms with Crippen LogP contribution in [0.25, 0.3) is 11.1 Å². The second kappa shape index (κ2) is 10.7. The summed E-state index contributed by atoms with van der Waals surface area (Å²) in [6.45, 7) is -0.310. The Morgan fingerprint density at radius 3 is 2.27 bits per heavy atom. The zero-order valence-corrected chi connectivity index (χ0v) is 16.7. The number of para-hydroxylation sites is 1. The Morgan fingerprint density at radius 1 is 0.833 bits per heavy atom. The van der Waals surface area contributed by atoms with Crippen molar-refractivity contribution in [2.24, 2.45) is 0 Å². The highest BCUT2D eigenvalue weighted by Crippen LogP contribution is 2.29. The molecule has 0 aliphatic carbocycles. The third kappa shape index (κ3) is 6.10. The number of ether oxygens (including phenoxy) is 3. The molecule has 0 aromatic heterocycles. The summed E-state index contributed by atoms with van der Waals surface area (Å²) in [6, 6.07) is 24.5. The van der Waals surface area contributed by atoms with Crippen molar-refractivity contribution in [2.75, 3.05) is 20.3 Å². The maximum atomic E-state index is 12.0.